The predicted molar refractivity (Wildman–Crippen MR) is 197 cm³/mol. The van der Waals surface area contributed by atoms with E-state index in [1.54, 1.807) is 0 Å². The number of hydrogen-bond donors (Lipinski definition) is 0. The topological polar surface area (TPSA) is 0 Å². The molecule has 0 heterocycles. The van der Waals surface area contributed by atoms with Gasteiger partial charge < -0.3 is 24.8 Å². The van der Waals surface area contributed by atoms with Crippen LogP contribution in [0.4, 0.5) is 0 Å². The summed E-state index contributed by atoms with van der Waals surface area (Å²) in [7, 11) is 0. The SMILES string of the molecule is CC(C)(C)c1ccc2[cH-]c3ccc(C(C)(C)C)cc3c2c1.CCC1=[C-]C(C)C=C1C(C)(C)C.[Cl-].[Cl-].[Zr+2]=[CH]c1cccc2ccccc12. The average molecular weight is 743 g/mol. The second-order valence-corrected chi connectivity index (χ2v) is 16.3. The number of benzene rings is 4. The van der Waals surface area contributed by atoms with Gasteiger partial charge in [-0.2, -0.15) is 11.6 Å². The van der Waals surface area contributed by atoms with E-state index in [9.17, 15) is 0 Å². The molecule has 0 nitrogen and oxygen atoms in total. The summed E-state index contributed by atoms with van der Waals surface area (Å²) in [4.78, 5) is 0. The first-order valence-electron chi connectivity index (χ1n) is 16.5. The van der Waals surface area contributed by atoms with E-state index in [-0.39, 0.29) is 35.6 Å². The summed E-state index contributed by atoms with van der Waals surface area (Å²) >= 11 is 1.46. The molecule has 0 aliphatic heterocycles. The van der Waals surface area contributed by atoms with E-state index in [0.717, 1.165) is 6.42 Å². The van der Waals surface area contributed by atoms with E-state index >= 15 is 0 Å². The Morgan fingerprint density at radius 1 is 0.681 bits per heavy atom. The minimum atomic E-state index is 0. The molecule has 0 aromatic heterocycles. The van der Waals surface area contributed by atoms with Gasteiger partial charge in [-0.25, -0.2) is 5.57 Å². The van der Waals surface area contributed by atoms with Gasteiger partial charge in [0.1, 0.15) is 0 Å². The van der Waals surface area contributed by atoms with Gasteiger partial charge in [0, 0.05) is 0 Å². The van der Waals surface area contributed by atoms with Crippen LogP contribution in [-0.2, 0) is 35.1 Å². The molecule has 0 fully saturated rings. The normalized spacial score (nSPS) is 14.6. The van der Waals surface area contributed by atoms with E-state index in [0.29, 0.717) is 11.3 Å². The Hall–Kier alpha value is -2.18. The van der Waals surface area contributed by atoms with Crippen LogP contribution < -0.4 is 24.8 Å². The molecule has 0 amide bonds. The summed E-state index contributed by atoms with van der Waals surface area (Å²) < 4.78 is 2.23. The van der Waals surface area contributed by atoms with Crippen LogP contribution in [0.3, 0.4) is 0 Å². The van der Waals surface area contributed by atoms with Crippen molar-refractivity contribution in [3.8, 4) is 0 Å². The van der Waals surface area contributed by atoms with E-state index in [2.05, 4.69) is 177 Å². The van der Waals surface area contributed by atoms with Gasteiger partial charge in [0.05, 0.1) is 0 Å². The number of rotatable bonds is 2. The summed E-state index contributed by atoms with van der Waals surface area (Å²) in [5.41, 5.74) is 7.77. The van der Waals surface area contributed by atoms with Crippen LogP contribution in [0.2, 0.25) is 0 Å². The van der Waals surface area contributed by atoms with Crippen LogP contribution in [-0.4, -0.2) is 3.71 Å². The standard InChI is InChI=1S/C21H25.C12H19.C11H8.2ClH.Zr/c1-20(2,3)16-9-7-14-11-15-8-10-17(21(4,5)6)13-19(15)18(14)12-16;1-6-10-7-9(2)8-11(10)12(3,4)5;1-9-5-4-7-10-6-2-3-8-11(9)10;;;/h7-13H,1-6H3;8-9H,6H2,1-5H3;1-8H;2*1H;/q2*-1;;;;+2/p-2. The van der Waals surface area contributed by atoms with Crippen molar-refractivity contribution in [3.63, 3.8) is 0 Å². The van der Waals surface area contributed by atoms with E-state index < -0.39 is 0 Å². The molecule has 1 atom stereocenters. The van der Waals surface area contributed by atoms with Crippen molar-refractivity contribution in [1.82, 2.24) is 0 Å². The van der Waals surface area contributed by atoms with Gasteiger partial charge in [0.15, 0.2) is 0 Å². The van der Waals surface area contributed by atoms with Crippen molar-refractivity contribution in [3.05, 3.63) is 125 Å². The summed E-state index contributed by atoms with van der Waals surface area (Å²) in [6, 6.07) is 31.1. The summed E-state index contributed by atoms with van der Waals surface area (Å²) in [6.45, 7) is 24.9. The van der Waals surface area contributed by atoms with Crippen LogP contribution in [0.1, 0.15) is 99.3 Å². The van der Waals surface area contributed by atoms with Crippen LogP contribution in [0.5, 0.6) is 0 Å². The average Bonchev–Trinajstić information content (AvgIpc) is 3.56. The number of hydrogen-bond acceptors (Lipinski definition) is 0. The fraction of sp³-hybridized carbons (Fsp3) is 0.364. The van der Waals surface area contributed by atoms with Gasteiger partial charge in [-0.3, -0.25) is 6.08 Å². The van der Waals surface area contributed by atoms with Crippen LogP contribution >= 0.6 is 0 Å². The van der Waals surface area contributed by atoms with Crippen molar-refractivity contribution in [2.45, 2.75) is 93.4 Å². The third-order valence-electron chi connectivity index (χ3n) is 8.72. The van der Waals surface area contributed by atoms with Gasteiger partial charge in [0.2, 0.25) is 0 Å². The zero-order valence-electron chi connectivity index (χ0n) is 30.3. The Morgan fingerprint density at radius 2 is 1.19 bits per heavy atom. The Bertz CT molecular complexity index is 1790. The van der Waals surface area contributed by atoms with Crippen molar-refractivity contribution < 1.29 is 49.0 Å². The second-order valence-electron chi connectivity index (χ2n) is 15.6. The Labute approximate surface area is 312 Å². The van der Waals surface area contributed by atoms with Gasteiger partial charge in [-0.05, 0) is 10.8 Å². The molecule has 0 spiro atoms. The Kier molecular flexibility index (Phi) is 14.4. The van der Waals surface area contributed by atoms with Crippen LogP contribution in [0, 0.1) is 17.4 Å². The maximum absolute atomic E-state index is 3.48. The van der Waals surface area contributed by atoms with Gasteiger partial charge in [-0.15, -0.1) is 39.7 Å². The van der Waals surface area contributed by atoms with Gasteiger partial charge in [0.25, 0.3) is 0 Å². The fourth-order valence-corrected chi connectivity index (χ4v) is 6.67. The minimum absolute atomic E-state index is 0. The molecule has 0 bridgehead atoms. The Balaban J connectivity index is 0.000000256. The molecule has 5 aromatic carbocycles. The van der Waals surface area contributed by atoms with Crippen molar-refractivity contribution >= 4 is 36.0 Å². The molecule has 248 valence electrons. The summed E-state index contributed by atoms with van der Waals surface area (Å²) in [6.07, 6.45) is 6.95. The zero-order valence-corrected chi connectivity index (χ0v) is 34.2. The third kappa shape index (κ3) is 10.2. The van der Waals surface area contributed by atoms with Crippen LogP contribution in [0.25, 0.3) is 32.3 Å². The predicted octanol–water partition coefficient (Wildman–Crippen LogP) is 6.60. The molecule has 5 aromatic rings. The fourth-order valence-electron chi connectivity index (χ4n) is 6.05. The first kappa shape index (κ1) is 41.0. The molecular formula is C44H52Cl2Zr-2. The number of fused-ring (bicyclic) bond motifs is 4. The zero-order chi connectivity index (χ0) is 33.2. The van der Waals surface area contributed by atoms with Crippen molar-refractivity contribution in [2.24, 2.45) is 11.3 Å². The summed E-state index contributed by atoms with van der Waals surface area (Å²) in [5, 5.41) is 8.17. The Morgan fingerprint density at radius 3 is 1.64 bits per heavy atom. The molecule has 0 saturated heterocycles. The van der Waals surface area contributed by atoms with Crippen molar-refractivity contribution in [1.29, 1.82) is 0 Å². The van der Waals surface area contributed by atoms with E-state index in [1.165, 1.54) is 84.4 Å². The first-order valence-corrected chi connectivity index (χ1v) is 17.9. The van der Waals surface area contributed by atoms with Crippen molar-refractivity contribution in [2.75, 3.05) is 0 Å². The second kappa shape index (κ2) is 16.5. The maximum atomic E-state index is 3.48. The first-order chi connectivity index (χ1) is 21.0. The molecule has 1 unspecified atom stereocenters. The van der Waals surface area contributed by atoms with Gasteiger partial charge in [-0.1, -0.05) is 129 Å². The summed E-state index contributed by atoms with van der Waals surface area (Å²) in [5.74, 6) is 0.522. The molecule has 6 rings (SSSR count). The molecule has 1 aliphatic carbocycles. The number of allylic oxidation sites excluding steroid dienone is 4. The monoisotopic (exact) mass is 740 g/mol. The van der Waals surface area contributed by atoms with E-state index in [4.69, 9.17) is 0 Å². The van der Waals surface area contributed by atoms with Gasteiger partial charge >= 0.3 is 86.7 Å². The molecule has 0 radical (unpaired) electrons. The molecular weight excluding hydrogens is 691 g/mol. The molecule has 0 saturated carbocycles. The van der Waals surface area contributed by atoms with E-state index in [1.807, 2.05) is 0 Å². The molecule has 3 heteroatoms. The molecule has 1 aliphatic rings. The quantitative estimate of drug-likeness (QED) is 0.179. The third-order valence-corrected chi connectivity index (χ3v) is 9.49. The molecule has 47 heavy (non-hydrogen) atoms. The molecule has 0 N–H and O–H groups in total. The van der Waals surface area contributed by atoms with Crippen LogP contribution in [0.15, 0.2) is 102 Å². The number of halogens is 2.